The van der Waals surface area contributed by atoms with E-state index in [9.17, 15) is 0 Å². The van der Waals surface area contributed by atoms with E-state index in [2.05, 4.69) is 10.2 Å². The number of rotatable bonds is 2. The van der Waals surface area contributed by atoms with Crippen molar-refractivity contribution in [2.45, 2.75) is 69.1 Å². The Morgan fingerprint density at radius 1 is 1.05 bits per heavy atom. The van der Waals surface area contributed by atoms with Crippen LogP contribution in [0, 0.1) is 5.92 Å². The van der Waals surface area contributed by atoms with Crippen LogP contribution in [-0.4, -0.2) is 48.8 Å². The van der Waals surface area contributed by atoms with Crippen molar-refractivity contribution >= 4 is 0 Å². The van der Waals surface area contributed by atoms with E-state index in [1.54, 1.807) is 0 Å². The van der Waals surface area contributed by atoms with E-state index in [0.717, 1.165) is 18.6 Å². The summed E-state index contributed by atoms with van der Waals surface area (Å²) in [4.78, 5) is 2.79. The minimum atomic E-state index is 0.452. The summed E-state index contributed by atoms with van der Waals surface area (Å²) >= 11 is 0. The molecule has 4 fully saturated rings. The Morgan fingerprint density at radius 3 is 2.68 bits per heavy atom. The van der Waals surface area contributed by atoms with Crippen molar-refractivity contribution in [3.63, 3.8) is 0 Å². The average Bonchev–Trinajstić information content (AvgIpc) is 3.17. The third-order valence-corrected chi connectivity index (χ3v) is 5.87. The number of ether oxygens (including phenoxy) is 1. The molecule has 2 heterocycles. The van der Waals surface area contributed by atoms with E-state index in [-0.39, 0.29) is 0 Å². The minimum absolute atomic E-state index is 0.452. The van der Waals surface area contributed by atoms with Gasteiger partial charge in [0.05, 0.1) is 6.10 Å². The SMILES string of the molecule is C1CCC2(CC1)CN(C1CCOC1C1CC1)CCN2. The van der Waals surface area contributed by atoms with Gasteiger partial charge in [-0.05, 0) is 38.0 Å². The van der Waals surface area contributed by atoms with Crippen molar-refractivity contribution in [1.29, 1.82) is 0 Å². The van der Waals surface area contributed by atoms with Crippen LogP contribution >= 0.6 is 0 Å². The lowest BCUT2D eigenvalue weighted by Crippen LogP contribution is -2.63. The lowest BCUT2D eigenvalue weighted by molar-refractivity contribution is 0.0136. The number of nitrogens with one attached hydrogen (secondary N) is 1. The third-order valence-electron chi connectivity index (χ3n) is 5.87. The van der Waals surface area contributed by atoms with Crippen LogP contribution < -0.4 is 5.32 Å². The summed E-state index contributed by atoms with van der Waals surface area (Å²) in [5.41, 5.74) is 0.452. The van der Waals surface area contributed by atoms with Gasteiger partial charge in [0.15, 0.2) is 0 Å². The minimum Gasteiger partial charge on any atom is -0.376 e. The van der Waals surface area contributed by atoms with E-state index in [0.29, 0.717) is 11.6 Å². The van der Waals surface area contributed by atoms with E-state index in [1.807, 2.05) is 0 Å². The van der Waals surface area contributed by atoms with Gasteiger partial charge in [-0.2, -0.15) is 0 Å². The van der Waals surface area contributed by atoms with Crippen LogP contribution in [0.3, 0.4) is 0 Å². The summed E-state index contributed by atoms with van der Waals surface area (Å²) in [6, 6.07) is 0.730. The zero-order valence-electron chi connectivity index (χ0n) is 12.1. The molecule has 0 bridgehead atoms. The number of nitrogens with zero attached hydrogens (tertiary/aromatic N) is 1. The molecule has 0 amide bonds. The zero-order chi connectivity index (χ0) is 12.7. The molecule has 0 radical (unpaired) electrons. The van der Waals surface area contributed by atoms with Crippen LogP contribution in [0.2, 0.25) is 0 Å². The van der Waals surface area contributed by atoms with Crippen molar-refractivity contribution < 1.29 is 4.74 Å². The zero-order valence-corrected chi connectivity index (χ0v) is 12.1. The average molecular weight is 264 g/mol. The second-order valence-electron chi connectivity index (χ2n) is 7.27. The van der Waals surface area contributed by atoms with Gasteiger partial charge in [-0.25, -0.2) is 0 Å². The fourth-order valence-electron chi connectivity index (χ4n) is 4.70. The lowest BCUT2D eigenvalue weighted by Gasteiger charge is -2.48. The molecule has 2 saturated carbocycles. The van der Waals surface area contributed by atoms with Gasteiger partial charge in [-0.3, -0.25) is 4.90 Å². The smallest absolute Gasteiger partial charge is 0.0759 e. The Kier molecular flexibility index (Phi) is 3.33. The first kappa shape index (κ1) is 12.6. The largest absolute Gasteiger partial charge is 0.376 e. The van der Waals surface area contributed by atoms with E-state index in [4.69, 9.17) is 4.74 Å². The van der Waals surface area contributed by atoms with E-state index >= 15 is 0 Å². The summed E-state index contributed by atoms with van der Waals surface area (Å²) in [6.45, 7) is 4.71. The van der Waals surface area contributed by atoms with E-state index < -0.39 is 0 Å². The highest BCUT2D eigenvalue weighted by atomic mass is 16.5. The van der Waals surface area contributed by atoms with Gasteiger partial charge < -0.3 is 10.1 Å². The number of hydrogen-bond acceptors (Lipinski definition) is 3. The van der Waals surface area contributed by atoms with Crippen LogP contribution in [0.15, 0.2) is 0 Å². The molecule has 4 rings (SSSR count). The topological polar surface area (TPSA) is 24.5 Å². The predicted octanol–water partition coefficient (Wildman–Crippen LogP) is 2.16. The number of hydrogen-bond donors (Lipinski definition) is 1. The Labute approximate surface area is 117 Å². The summed E-state index contributed by atoms with van der Waals surface area (Å²) < 4.78 is 6.06. The molecule has 0 aromatic rings. The summed E-state index contributed by atoms with van der Waals surface area (Å²) in [7, 11) is 0. The molecule has 4 aliphatic rings. The quantitative estimate of drug-likeness (QED) is 0.827. The van der Waals surface area contributed by atoms with Gasteiger partial charge in [-0.1, -0.05) is 19.3 Å². The van der Waals surface area contributed by atoms with Crippen molar-refractivity contribution in [3.05, 3.63) is 0 Å². The van der Waals surface area contributed by atoms with Crippen LogP contribution in [-0.2, 0) is 4.74 Å². The van der Waals surface area contributed by atoms with Crippen molar-refractivity contribution in [2.75, 3.05) is 26.2 Å². The Morgan fingerprint density at radius 2 is 1.89 bits per heavy atom. The van der Waals surface area contributed by atoms with Crippen LogP contribution in [0.1, 0.15) is 51.4 Å². The van der Waals surface area contributed by atoms with Gasteiger partial charge in [0.25, 0.3) is 0 Å². The fraction of sp³-hybridized carbons (Fsp3) is 1.00. The standard InChI is InChI=1S/C16H28N2O/c1-2-7-16(8-3-1)12-18(10-9-17-16)14-6-11-19-15(14)13-4-5-13/h13-15,17H,1-12H2. The molecule has 2 aliphatic heterocycles. The van der Waals surface area contributed by atoms with Crippen molar-refractivity contribution in [2.24, 2.45) is 5.92 Å². The molecule has 2 atom stereocenters. The molecule has 2 saturated heterocycles. The molecular formula is C16H28N2O. The molecule has 3 nitrogen and oxygen atoms in total. The Balaban J connectivity index is 1.45. The van der Waals surface area contributed by atoms with Crippen LogP contribution in [0.25, 0.3) is 0 Å². The Hall–Kier alpha value is -0.120. The first-order valence-corrected chi connectivity index (χ1v) is 8.47. The molecule has 19 heavy (non-hydrogen) atoms. The highest BCUT2D eigenvalue weighted by Gasteiger charge is 2.46. The highest BCUT2D eigenvalue weighted by Crippen LogP contribution is 2.41. The first-order valence-electron chi connectivity index (χ1n) is 8.47. The fourth-order valence-corrected chi connectivity index (χ4v) is 4.70. The molecule has 2 aliphatic carbocycles. The van der Waals surface area contributed by atoms with E-state index in [1.165, 1.54) is 71.0 Å². The van der Waals surface area contributed by atoms with Gasteiger partial charge in [-0.15, -0.1) is 0 Å². The molecule has 108 valence electrons. The van der Waals surface area contributed by atoms with Crippen LogP contribution in [0.4, 0.5) is 0 Å². The Bertz CT molecular complexity index is 317. The summed E-state index contributed by atoms with van der Waals surface area (Å²) in [6.07, 6.45) is 11.8. The van der Waals surface area contributed by atoms with Crippen LogP contribution in [0.5, 0.6) is 0 Å². The number of piperazine rings is 1. The second kappa shape index (κ2) is 5.01. The molecule has 1 N–H and O–H groups in total. The molecular weight excluding hydrogens is 236 g/mol. The molecule has 0 aromatic carbocycles. The molecule has 0 aromatic heterocycles. The van der Waals surface area contributed by atoms with Gasteiger partial charge in [0, 0.05) is 37.8 Å². The van der Waals surface area contributed by atoms with Gasteiger partial charge >= 0.3 is 0 Å². The summed E-state index contributed by atoms with van der Waals surface area (Å²) in [5, 5.41) is 3.87. The molecule has 2 unspecified atom stereocenters. The van der Waals surface area contributed by atoms with Crippen molar-refractivity contribution in [3.8, 4) is 0 Å². The lowest BCUT2D eigenvalue weighted by atomic mass is 9.79. The monoisotopic (exact) mass is 264 g/mol. The second-order valence-corrected chi connectivity index (χ2v) is 7.27. The maximum absolute atomic E-state index is 6.06. The highest BCUT2D eigenvalue weighted by molar-refractivity contribution is 5.02. The maximum Gasteiger partial charge on any atom is 0.0759 e. The molecule has 1 spiro atoms. The first-order chi connectivity index (χ1) is 9.36. The molecule has 3 heteroatoms. The third kappa shape index (κ3) is 2.45. The normalized spacial score (nSPS) is 39.8. The van der Waals surface area contributed by atoms with Gasteiger partial charge in [0.2, 0.25) is 0 Å². The van der Waals surface area contributed by atoms with Gasteiger partial charge in [0.1, 0.15) is 0 Å². The maximum atomic E-state index is 6.06. The predicted molar refractivity (Wildman–Crippen MR) is 76.3 cm³/mol. The summed E-state index contributed by atoms with van der Waals surface area (Å²) in [5.74, 6) is 0.893. The van der Waals surface area contributed by atoms with Crippen molar-refractivity contribution in [1.82, 2.24) is 10.2 Å².